The van der Waals surface area contributed by atoms with Crippen LogP contribution in [0.4, 0.5) is 11.6 Å². The van der Waals surface area contributed by atoms with Crippen molar-refractivity contribution < 1.29 is 0 Å². The van der Waals surface area contributed by atoms with Gasteiger partial charge in [-0.15, -0.1) is 0 Å². The SMILES string of the molecule is CC(C)n1ncnc1-c1cnc(Nc2ccccc2)nc1. The second-order valence-corrected chi connectivity index (χ2v) is 4.91. The van der Waals surface area contributed by atoms with Gasteiger partial charge in [0, 0.05) is 24.1 Å². The highest BCUT2D eigenvalue weighted by atomic mass is 15.3. The molecular weight excluding hydrogens is 264 g/mol. The summed E-state index contributed by atoms with van der Waals surface area (Å²) < 4.78 is 1.85. The number of benzene rings is 1. The van der Waals surface area contributed by atoms with Gasteiger partial charge in [0.25, 0.3) is 0 Å². The van der Waals surface area contributed by atoms with E-state index < -0.39 is 0 Å². The number of nitrogens with zero attached hydrogens (tertiary/aromatic N) is 5. The number of hydrogen-bond donors (Lipinski definition) is 1. The van der Waals surface area contributed by atoms with Gasteiger partial charge in [-0.25, -0.2) is 19.6 Å². The molecule has 3 aromatic rings. The standard InChI is InChI=1S/C15H16N6/c1-11(2)21-14(18-10-19-21)12-8-16-15(17-9-12)20-13-6-4-3-5-7-13/h3-11H,1-2H3,(H,16,17,20). The largest absolute Gasteiger partial charge is 0.324 e. The molecule has 2 aromatic heterocycles. The Labute approximate surface area is 122 Å². The maximum Gasteiger partial charge on any atom is 0.227 e. The van der Waals surface area contributed by atoms with Gasteiger partial charge in [0.05, 0.1) is 5.56 Å². The highest BCUT2D eigenvalue weighted by Gasteiger charge is 2.10. The molecule has 21 heavy (non-hydrogen) atoms. The van der Waals surface area contributed by atoms with Crippen LogP contribution in [0.5, 0.6) is 0 Å². The molecule has 0 radical (unpaired) electrons. The first-order valence-electron chi connectivity index (χ1n) is 6.78. The zero-order valence-electron chi connectivity index (χ0n) is 11.9. The Bertz CT molecular complexity index is 703. The lowest BCUT2D eigenvalue weighted by atomic mass is 10.3. The average Bonchev–Trinajstić information content (AvgIpc) is 2.99. The molecule has 0 bridgehead atoms. The highest BCUT2D eigenvalue weighted by Crippen LogP contribution is 2.19. The predicted octanol–water partition coefficient (Wildman–Crippen LogP) is 3.06. The summed E-state index contributed by atoms with van der Waals surface area (Å²) in [5.41, 5.74) is 1.80. The van der Waals surface area contributed by atoms with Crippen molar-refractivity contribution >= 4 is 11.6 Å². The van der Waals surface area contributed by atoms with E-state index in [1.54, 1.807) is 18.7 Å². The van der Waals surface area contributed by atoms with Crippen molar-refractivity contribution in [2.24, 2.45) is 0 Å². The molecule has 6 nitrogen and oxygen atoms in total. The molecule has 0 saturated carbocycles. The third-order valence-corrected chi connectivity index (χ3v) is 3.00. The van der Waals surface area contributed by atoms with E-state index in [0.717, 1.165) is 17.1 Å². The summed E-state index contributed by atoms with van der Waals surface area (Å²) in [6, 6.07) is 10.1. The van der Waals surface area contributed by atoms with E-state index in [-0.39, 0.29) is 6.04 Å². The highest BCUT2D eigenvalue weighted by molar-refractivity contribution is 5.56. The number of anilines is 2. The molecule has 0 aliphatic rings. The Balaban J connectivity index is 1.82. The fourth-order valence-corrected chi connectivity index (χ4v) is 1.99. The van der Waals surface area contributed by atoms with E-state index in [1.807, 2.05) is 35.0 Å². The van der Waals surface area contributed by atoms with Gasteiger partial charge in [-0.2, -0.15) is 5.10 Å². The zero-order valence-corrected chi connectivity index (χ0v) is 11.9. The molecule has 106 valence electrons. The topological polar surface area (TPSA) is 68.5 Å². The number of para-hydroxylation sites is 1. The Kier molecular flexibility index (Phi) is 3.59. The molecule has 0 aliphatic carbocycles. The van der Waals surface area contributed by atoms with E-state index in [9.17, 15) is 0 Å². The summed E-state index contributed by atoms with van der Waals surface area (Å²) in [5.74, 6) is 1.33. The number of aromatic nitrogens is 5. The van der Waals surface area contributed by atoms with Gasteiger partial charge in [-0.3, -0.25) is 0 Å². The summed E-state index contributed by atoms with van der Waals surface area (Å²) in [5, 5.41) is 7.37. The summed E-state index contributed by atoms with van der Waals surface area (Å²) in [6.45, 7) is 4.12. The molecule has 0 amide bonds. The maximum atomic E-state index is 4.33. The molecule has 6 heteroatoms. The molecule has 0 atom stereocenters. The third kappa shape index (κ3) is 2.89. The van der Waals surface area contributed by atoms with Crippen LogP contribution in [0, 0.1) is 0 Å². The number of hydrogen-bond acceptors (Lipinski definition) is 5. The lowest BCUT2D eigenvalue weighted by molar-refractivity contribution is 0.537. The Morgan fingerprint density at radius 2 is 1.71 bits per heavy atom. The lowest BCUT2D eigenvalue weighted by Crippen LogP contribution is -2.05. The van der Waals surface area contributed by atoms with Crippen LogP contribution in [0.25, 0.3) is 11.4 Å². The van der Waals surface area contributed by atoms with Gasteiger partial charge in [-0.05, 0) is 26.0 Å². The molecule has 0 spiro atoms. The zero-order chi connectivity index (χ0) is 14.7. The minimum absolute atomic E-state index is 0.240. The van der Waals surface area contributed by atoms with E-state index >= 15 is 0 Å². The predicted molar refractivity (Wildman–Crippen MR) is 81.2 cm³/mol. The van der Waals surface area contributed by atoms with Gasteiger partial charge in [0.15, 0.2) is 5.82 Å². The molecule has 0 fully saturated rings. The van der Waals surface area contributed by atoms with Crippen molar-refractivity contribution in [2.45, 2.75) is 19.9 Å². The summed E-state index contributed by atoms with van der Waals surface area (Å²) in [6.07, 6.45) is 5.05. The second kappa shape index (κ2) is 5.70. The van der Waals surface area contributed by atoms with Gasteiger partial charge in [0.2, 0.25) is 5.95 Å². The molecule has 0 saturated heterocycles. The van der Waals surface area contributed by atoms with Crippen molar-refractivity contribution in [1.82, 2.24) is 24.7 Å². The molecule has 1 aromatic carbocycles. The van der Waals surface area contributed by atoms with Crippen LogP contribution in [-0.4, -0.2) is 24.7 Å². The van der Waals surface area contributed by atoms with Crippen LogP contribution in [0.15, 0.2) is 49.1 Å². The second-order valence-electron chi connectivity index (χ2n) is 4.91. The summed E-state index contributed by atoms with van der Waals surface area (Å²) >= 11 is 0. The van der Waals surface area contributed by atoms with Crippen LogP contribution in [-0.2, 0) is 0 Å². The molecule has 3 rings (SSSR count). The Morgan fingerprint density at radius 3 is 2.38 bits per heavy atom. The van der Waals surface area contributed by atoms with Crippen LogP contribution in [0.3, 0.4) is 0 Å². The normalized spacial score (nSPS) is 10.8. The lowest BCUT2D eigenvalue weighted by Gasteiger charge is -2.09. The van der Waals surface area contributed by atoms with Crippen LogP contribution in [0.1, 0.15) is 19.9 Å². The van der Waals surface area contributed by atoms with Crippen LogP contribution >= 0.6 is 0 Å². The Hall–Kier alpha value is -2.76. The minimum atomic E-state index is 0.240. The van der Waals surface area contributed by atoms with E-state index in [4.69, 9.17) is 0 Å². The monoisotopic (exact) mass is 280 g/mol. The minimum Gasteiger partial charge on any atom is -0.324 e. The number of rotatable bonds is 4. The van der Waals surface area contributed by atoms with Gasteiger partial charge in [-0.1, -0.05) is 18.2 Å². The third-order valence-electron chi connectivity index (χ3n) is 3.00. The fourth-order valence-electron chi connectivity index (χ4n) is 1.99. The quantitative estimate of drug-likeness (QED) is 0.795. The van der Waals surface area contributed by atoms with Gasteiger partial charge < -0.3 is 5.32 Å². The molecule has 1 N–H and O–H groups in total. The van der Waals surface area contributed by atoms with Crippen molar-refractivity contribution in [1.29, 1.82) is 0 Å². The van der Waals surface area contributed by atoms with Crippen molar-refractivity contribution in [2.75, 3.05) is 5.32 Å². The van der Waals surface area contributed by atoms with Crippen LogP contribution in [0.2, 0.25) is 0 Å². The molecule has 0 aliphatic heterocycles. The van der Waals surface area contributed by atoms with Crippen molar-refractivity contribution in [3.63, 3.8) is 0 Å². The van der Waals surface area contributed by atoms with Crippen LogP contribution < -0.4 is 5.32 Å². The van der Waals surface area contributed by atoms with E-state index in [1.165, 1.54) is 0 Å². The molecular formula is C15H16N6. The first-order valence-corrected chi connectivity index (χ1v) is 6.78. The Morgan fingerprint density at radius 1 is 1.00 bits per heavy atom. The van der Waals surface area contributed by atoms with E-state index in [0.29, 0.717) is 5.95 Å². The smallest absolute Gasteiger partial charge is 0.227 e. The van der Waals surface area contributed by atoms with Crippen molar-refractivity contribution in [3.8, 4) is 11.4 Å². The maximum absolute atomic E-state index is 4.33. The fraction of sp³-hybridized carbons (Fsp3) is 0.200. The van der Waals surface area contributed by atoms with Gasteiger partial charge in [0.1, 0.15) is 6.33 Å². The van der Waals surface area contributed by atoms with E-state index in [2.05, 4.69) is 39.2 Å². The summed E-state index contributed by atoms with van der Waals surface area (Å²) in [4.78, 5) is 12.9. The first kappa shape index (κ1) is 13.2. The molecule has 0 unspecified atom stereocenters. The number of nitrogens with one attached hydrogen (secondary N) is 1. The average molecular weight is 280 g/mol. The van der Waals surface area contributed by atoms with Gasteiger partial charge >= 0.3 is 0 Å². The first-order chi connectivity index (χ1) is 10.2. The van der Waals surface area contributed by atoms with Crippen molar-refractivity contribution in [3.05, 3.63) is 49.1 Å². The summed E-state index contributed by atoms with van der Waals surface area (Å²) in [7, 11) is 0. The molecule has 2 heterocycles.